The first-order chi connectivity index (χ1) is 15.6. The van der Waals surface area contributed by atoms with Crippen molar-refractivity contribution in [3.63, 3.8) is 0 Å². The van der Waals surface area contributed by atoms with E-state index in [2.05, 4.69) is 5.32 Å². The summed E-state index contributed by atoms with van der Waals surface area (Å²) in [7, 11) is -4.52. The summed E-state index contributed by atoms with van der Waals surface area (Å²) in [6.45, 7) is 0. The van der Waals surface area contributed by atoms with Gasteiger partial charge < -0.3 is 5.32 Å². The van der Waals surface area contributed by atoms with E-state index in [1.807, 2.05) is 0 Å². The van der Waals surface area contributed by atoms with E-state index < -0.39 is 67.3 Å². The second kappa shape index (κ2) is 7.40. The molecule has 0 saturated carbocycles. The predicted octanol–water partition coefficient (Wildman–Crippen LogP) is 4.62. The number of nitrogens with one attached hydrogen (secondary N) is 1. The van der Waals surface area contributed by atoms with Gasteiger partial charge in [-0.1, -0.05) is 18.2 Å². The minimum absolute atomic E-state index is 0.139. The number of amides is 1. The molecule has 1 N–H and O–H groups in total. The Balaban J connectivity index is 1.95. The molecule has 2 aromatic rings. The maximum atomic E-state index is 14.6. The molecule has 2 aromatic carbocycles. The number of hydrogen-bond acceptors (Lipinski definition) is 3. The number of carbonyl (C=O) groups is 1. The summed E-state index contributed by atoms with van der Waals surface area (Å²) < 4.78 is 133. The van der Waals surface area contributed by atoms with Crippen molar-refractivity contribution in [1.29, 1.82) is 0 Å². The van der Waals surface area contributed by atoms with Crippen molar-refractivity contribution >= 4 is 15.7 Å². The van der Waals surface area contributed by atoms with Crippen LogP contribution in [0, 0.1) is 5.82 Å². The minimum atomic E-state index is -6.33. The van der Waals surface area contributed by atoms with Gasteiger partial charge in [0.25, 0.3) is 0 Å². The predicted molar refractivity (Wildman–Crippen MR) is 101 cm³/mol. The Labute approximate surface area is 187 Å². The zero-order valence-corrected chi connectivity index (χ0v) is 17.7. The van der Waals surface area contributed by atoms with Gasteiger partial charge in [0.15, 0.2) is 9.84 Å². The molecule has 1 saturated heterocycles. The van der Waals surface area contributed by atoms with E-state index in [1.165, 1.54) is 0 Å². The molecule has 0 spiro atoms. The van der Waals surface area contributed by atoms with E-state index in [1.54, 1.807) is 0 Å². The molecular formula is C21H15F8NO3S. The van der Waals surface area contributed by atoms with Gasteiger partial charge in [0.1, 0.15) is 10.6 Å². The lowest BCUT2D eigenvalue weighted by Gasteiger charge is -2.40. The molecule has 2 aliphatic rings. The molecule has 1 aliphatic carbocycles. The third kappa shape index (κ3) is 3.23. The van der Waals surface area contributed by atoms with Crippen molar-refractivity contribution in [3.8, 4) is 0 Å². The van der Waals surface area contributed by atoms with Crippen LogP contribution in [-0.4, -0.2) is 32.7 Å². The van der Waals surface area contributed by atoms with Crippen molar-refractivity contribution in [2.45, 2.75) is 53.0 Å². The van der Waals surface area contributed by atoms with E-state index in [9.17, 15) is 48.3 Å². The summed E-state index contributed by atoms with van der Waals surface area (Å²) >= 11 is 0. The van der Waals surface area contributed by atoms with Crippen LogP contribution in [-0.2, 0) is 31.5 Å². The molecule has 0 radical (unpaired) electrons. The zero-order chi connectivity index (χ0) is 25.3. The second-order valence-corrected chi connectivity index (χ2v) is 10.4. The topological polar surface area (TPSA) is 63.2 Å². The third-order valence-corrected chi connectivity index (χ3v) is 8.87. The molecule has 4 rings (SSSR count). The number of aryl methyl sites for hydroxylation is 1. The highest BCUT2D eigenvalue weighted by molar-refractivity contribution is 7.92. The van der Waals surface area contributed by atoms with Crippen molar-refractivity contribution in [1.82, 2.24) is 5.32 Å². The highest BCUT2D eigenvalue weighted by Gasteiger charge is 2.73. The smallest absolute Gasteiger partial charge is 0.351 e. The number of alkyl halides is 7. The average molecular weight is 513 g/mol. The van der Waals surface area contributed by atoms with Gasteiger partial charge in [0.2, 0.25) is 5.91 Å². The van der Waals surface area contributed by atoms with Gasteiger partial charge >= 0.3 is 18.0 Å². The Bertz CT molecular complexity index is 1240. The summed E-state index contributed by atoms with van der Waals surface area (Å²) in [5.41, 5.74) is -7.89. The normalized spacial score (nSPS) is 23.3. The van der Waals surface area contributed by atoms with Gasteiger partial charge in [0, 0.05) is 5.56 Å². The van der Waals surface area contributed by atoms with Crippen molar-refractivity contribution < 1.29 is 48.3 Å². The van der Waals surface area contributed by atoms with Crippen LogP contribution in [0.2, 0.25) is 0 Å². The molecule has 1 heterocycles. The zero-order valence-electron chi connectivity index (χ0n) is 16.9. The van der Waals surface area contributed by atoms with Gasteiger partial charge in [-0.25, -0.2) is 17.2 Å². The second-order valence-electron chi connectivity index (χ2n) is 8.21. The summed E-state index contributed by atoms with van der Waals surface area (Å²) in [6, 6.07) is 3.87. The fraction of sp³-hybridized carbons (Fsp3) is 0.381. The maximum absolute atomic E-state index is 14.6. The molecule has 1 amide bonds. The quantitative estimate of drug-likeness (QED) is 0.482. The molecule has 4 nitrogen and oxygen atoms in total. The van der Waals surface area contributed by atoms with E-state index in [4.69, 9.17) is 0 Å². The molecule has 2 atom stereocenters. The average Bonchev–Trinajstić information content (AvgIpc) is 3.09. The van der Waals surface area contributed by atoms with Gasteiger partial charge in [-0.2, -0.15) is 26.3 Å². The van der Waals surface area contributed by atoms with Crippen LogP contribution in [0.5, 0.6) is 0 Å². The van der Waals surface area contributed by atoms with Gasteiger partial charge in [0.05, 0.1) is 17.4 Å². The molecule has 0 bridgehead atoms. The number of sulfone groups is 1. The van der Waals surface area contributed by atoms with Crippen LogP contribution in [0.4, 0.5) is 35.1 Å². The van der Waals surface area contributed by atoms with E-state index in [0.717, 1.165) is 24.3 Å². The molecule has 1 aliphatic heterocycles. The summed E-state index contributed by atoms with van der Waals surface area (Å²) in [6.07, 6.45) is -13.7. The van der Waals surface area contributed by atoms with Crippen LogP contribution >= 0.6 is 0 Å². The third-order valence-electron chi connectivity index (χ3n) is 6.37. The SMILES string of the molecule is O=C1C[C@@]2(S(=O)(=O)c3ccc(F)cc3)c3ccc(C(F)(C(F)(F)F)C(F)(F)F)cc3CC[C@H]2N1. The number of rotatable bonds is 3. The van der Waals surface area contributed by atoms with E-state index >= 15 is 0 Å². The van der Waals surface area contributed by atoms with E-state index in [-0.39, 0.29) is 30.0 Å². The van der Waals surface area contributed by atoms with Crippen LogP contribution in [0.3, 0.4) is 0 Å². The standard InChI is InChI=1S/C21H15F8NO3S/c22-13-3-5-14(6-4-13)34(32,33)18-10-17(31)30-16(18)8-1-11-9-12(2-7-15(11)18)19(23,20(24,25)26)21(27,28)29/h2-7,9,16H,1,8,10H2,(H,30,31)/t16-,18-/m1/s1. The molecule has 0 aromatic heterocycles. The van der Waals surface area contributed by atoms with Crippen LogP contribution in [0.15, 0.2) is 47.4 Å². The van der Waals surface area contributed by atoms with Crippen LogP contribution < -0.4 is 5.32 Å². The van der Waals surface area contributed by atoms with E-state index in [0.29, 0.717) is 12.1 Å². The number of halogens is 8. The molecule has 13 heteroatoms. The van der Waals surface area contributed by atoms with Crippen molar-refractivity contribution in [3.05, 3.63) is 65.0 Å². The molecule has 184 valence electrons. The number of fused-ring (bicyclic) bond motifs is 3. The fourth-order valence-electron chi connectivity index (χ4n) is 4.78. The molecule has 34 heavy (non-hydrogen) atoms. The Morgan fingerprint density at radius 3 is 2.06 bits per heavy atom. The number of carbonyl (C=O) groups excluding carboxylic acids is 1. The Morgan fingerprint density at radius 1 is 0.912 bits per heavy atom. The number of hydrogen-bond donors (Lipinski definition) is 1. The van der Waals surface area contributed by atoms with Gasteiger partial charge in [-0.15, -0.1) is 0 Å². The highest BCUT2D eigenvalue weighted by Crippen LogP contribution is 2.55. The first-order valence-electron chi connectivity index (χ1n) is 9.81. The summed E-state index contributed by atoms with van der Waals surface area (Å²) in [5.74, 6) is -1.45. The van der Waals surface area contributed by atoms with Crippen molar-refractivity contribution in [2.24, 2.45) is 0 Å². The fourth-order valence-corrected chi connectivity index (χ4v) is 7.05. The van der Waals surface area contributed by atoms with Gasteiger partial charge in [-0.05, 0) is 48.2 Å². The number of benzene rings is 2. The highest BCUT2D eigenvalue weighted by atomic mass is 32.2. The Hall–Kier alpha value is -2.70. The van der Waals surface area contributed by atoms with Crippen molar-refractivity contribution in [2.75, 3.05) is 0 Å². The van der Waals surface area contributed by atoms with Crippen LogP contribution in [0.25, 0.3) is 0 Å². The first-order valence-corrected chi connectivity index (χ1v) is 11.3. The first kappa shape index (κ1) is 24.4. The largest absolute Gasteiger partial charge is 0.435 e. The van der Waals surface area contributed by atoms with Crippen LogP contribution in [0.1, 0.15) is 29.5 Å². The lowest BCUT2D eigenvalue weighted by molar-refractivity contribution is -0.348. The molecular weight excluding hydrogens is 498 g/mol. The summed E-state index contributed by atoms with van der Waals surface area (Å²) in [5, 5.41) is 2.49. The molecule has 1 fully saturated rings. The lowest BCUT2D eigenvalue weighted by Crippen LogP contribution is -2.51. The Kier molecular flexibility index (Phi) is 5.31. The summed E-state index contributed by atoms with van der Waals surface area (Å²) in [4.78, 5) is 11.9. The Morgan fingerprint density at radius 2 is 1.50 bits per heavy atom. The van der Waals surface area contributed by atoms with Gasteiger partial charge in [-0.3, -0.25) is 4.79 Å². The minimum Gasteiger partial charge on any atom is -0.351 e. The monoisotopic (exact) mass is 513 g/mol. The maximum Gasteiger partial charge on any atom is 0.435 e. The molecule has 0 unspecified atom stereocenters. The lowest BCUT2D eigenvalue weighted by atomic mass is 9.77.